The molecule has 3 aromatic rings. The zero-order valence-corrected chi connectivity index (χ0v) is 36.1. The van der Waals surface area contributed by atoms with Crippen LogP contribution in [-0.4, -0.2) is 168 Å². The molecule has 0 saturated carbocycles. The number of piperazine rings is 1. The summed E-state index contributed by atoms with van der Waals surface area (Å²) in [4.78, 5) is 101. The number of carbonyl (C=O) groups is 6. The van der Waals surface area contributed by atoms with E-state index in [-0.39, 0.29) is 61.7 Å². The van der Waals surface area contributed by atoms with Crippen molar-refractivity contribution in [3.63, 3.8) is 0 Å². The number of urea groups is 1. The fourth-order valence-corrected chi connectivity index (χ4v) is 9.09. The molecule has 7 rings (SSSR count). The number of aromatic nitrogens is 1. The number of fused-ring (bicyclic) bond motifs is 2. The monoisotopic (exact) mass is 858 g/mol. The Bertz CT molecular complexity index is 2210. The molecule has 2 aromatic carbocycles. The van der Waals surface area contributed by atoms with Crippen molar-refractivity contribution in [2.24, 2.45) is 7.05 Å². The van der Waals surface area contributed by atoms with E-state index in [9.17, 15) is 33.6 Å². The molecule has 5 heterocycles. The Kier molecular flexibility index (Phi) is 13.8. The van der Waals surface area contributed by atoms with Gasteiger partial charge in [-0.15, -0.1) is 0 Å². The van der Waals surface area contributed by atoms with Crippen LogP contribution in [0.1, 0.15) is 55.2 Å². The van der Waals surface area contributed by atoms with Crippen molar-refractivity contribution in [2.45, 2.75) is 76.5 Å². The Morgan fingerprint density at radius 1 is 0.839 bits per heavy atom. The van der Waals surface area contributed by atoms with Gasteiger partial charge in [0, 0.05) is 111 Å². The first kappa shape index (κ1) is 44.2. The summed E-state index contributed by atoms with van der Waals surface area (Å²) in [5.41, 5.74) is 4.45. The third kappa shape index (κ3) is 10.2. The van der Waals surface area contributed by atoms with E-state index in [0.717, 1.165) is 23.2 Å². The molecule has 3 saturated heterocycles. The fraction of sp³-hybridized carbons (Fsp3) is 0.568. The summed E-state index contributed by atoms with van der Waals surface area (Å²) in [6.45, 7) is 6.14. The van der Waals surface area contributed by atoms with Crippen LogP contribution in [0.5, 0.6) is 0 Å². The summed E-state index contributed by atoms with van der Waals surface area (Å²) < 4.78 is 18.0. The third-order valence-corrected chi connectivity index (χ3v) is 12.7. The van der Waals surface area contributed by atoms with Gasteiger partial charge in [0.2, 0.25) is 5.91 Å². The van der Waals surface area contributed by atoms with Crippen LogP contribution >= 0.6 is 0 Å². The Morgan fingerprint density at radius 3 is 2.23 bits per heavy atom. The number of likely N-dealkylation sites (tertiary alicyclic amines) is 2. The number of anilines is 1. The highest BCUT2D eigenvalue weighted by molar-refractivity contribution is 5.91. The summed E-state index contributed by atoms with van der Waals surface area (Å²) in [5.74, 6) is -1.83. The minimum absolute atomic E-state index is 0.0136. The van der Waals surface area contributed by atoms with Gasteiger partial charge in [-0.05, 0) is 67.9 Å². The summed E-state index contributed by atoms with van der Waals surface area (Å²) in [7, 11) is 4.78. The van der Waals surface area contributed by atoms with E-state index in [0.29, 0.717) is 101 Å². The van der Waals surface area contributed by atoms with Crippen LogP contribution < -0.4 is 11.1 Å². The van der Waals surface area contributed by atoms with Gasteiger partial charge in [-0.2, -0.15) is 0 Å². The number of likely N-dealkylation sites (N-methyl/N-ethyl adjacent to an activating group) is 1. The largest absolute Gasteiger partial charge is 0.456 e. The summed E-state index contributed by atoms with van der Waals surface area (Å²) in [5, 5.41) is 3.03. The smallest absolute Gasteiger partial charge is 0.419 e. The number of nitrogens with zero attached hydrogens (tertiary/aromatic N) is 7. The Morgan fingerprint density at radius 2 is 1.52 bits per heavy atom. The van der Waals surface area contributed by atoms with Gasteiger partial charge < -0.3 is 43.7 Å². The molecule has 1 atom stereocenters. The number of ether oxygens (including phenoxy) is 2. The van der Waals surface area contributed by atoms with Gasteiger partial charge in [0.1, 0.15) is 0 Å². The molecule has 0 bridgehead atoms. The molecule has 0 aliphatic carbocycles. The Labute approximate surface area is 360 Å². The zero-order valence-electron chi connectivity index (χ0n) is 36.1. The van der Waals surface area contributed by atoms with Gasteiger partial charge in [-0.3, -0.25) is 28.6 Å². The lowest BCUT2D eigenvalue weighted by atomic mass is 9.99. The van der Waals surface area contributed by atoms with Crippen LogP contribution in [0.3, 0.4) is 0 Å². The molecule has 3 fully saturated rings. The Hall–Kier alpha value is -5.91. The summed E-state index contributed by atoms with van der Waals surface area (Å²) in [6.07, 6.45) is 1.60. The second-order valence-electron chi connectivity index (χ2n) is 16.9. The number of benzene rings is 2. The highest BCUT2D eigenvalue weighted by atomic mass is 16.6. The second kappa shape index (κ2) is 19.4. The van der Waals surface area contributed by atoms with E-state index in [1.54, 1.807) is 41.9 Å². The highest BCUT2D eigenvalue weighted by Crippen LogP contribution is 2.27. The first-order chi connectivity index (χ1) is 29.7. The molecule has 18 nitrogen and oxygen atoms in total. The van der Waals surface area contributed by atoms with Crippen molar-refractivity contribution in [2.75, 3.05) is 84.9 Å². The minimum atomic E-state index is -1.13. The van der Waals surface area contributed by atoms with Crippen molar-refractivity contribution >= 4 is 52.6 Å². The number of rotatable bonds is 11. The van der Waals surface area contributed by atoms with Crippen molar-refractivity contribution in [1.82, 2.24) is 34.0 Å². The molecule has 4 aliphatic rings. The topological polar surface area (TPSA) is 187 Å². The molecular weight excluding hydrogens is 801 g/mol. The second-order valence-corrected chi connectivity index (χ2v) is 16.9. The number of amides is 6. The number of oxazole rings is 1. The van der Waals surface area contributed by atoms with Crippen LogP contribution in [0.15, 0.2) is 45.6 Å². The average Bonchev–Trinajstić information content (AvgIpc) is 3.45. The predicted octanol–water partition coefficient (Wildman–Crippen LogP) is 2.59. The lowest BCUT2D eigenvalue weighted by Crippen LogP contribution is -2.56. The SMILES string of the molecule is Cc1cc(C[C@@H](OC(=O)N2CCC(N3CCc4ccccc4NC3=O)CC2)C(=O)N2CCC(N3CCN(C(=O)CCC(=O)OCC(=O)N(C)C)CC3)CC2)cc2oc(=O)n(C)c12. The first-order valence-corrected chi connectivity index (χ1v) is 21.6. The van der Waals surface area contributed by atoms with Crippen molar-refractivity contribution in [3.05, 3.63) is 63.6 Å². The standard InChI is InChI=1S/C44H58N8O10/c1-29-25-30(26-35-40(29)47(4)43(58)61-35)27-36(62-44(59)51-18-14-33(15-19-51)52-20-11-31-7-5-6-8-34(31)45-42(52)57)41(56)50-16-12-32(13-17-50)48-21-23-49(24-22-48)37(53)9-10-39(55)60-28-38(54)46(2)3/h5-8,25-26,32-33,36H,9-24,27-28H2,1-4H3,(H,45,57)/t36-/m1/s1. The van der Waals surface area contributed by atoms with Crippen molar-refractivity contribution in [1.29, 1.82) is 0 Å². The first-order valence-electron chi connectivity index (χ1n) is 21.6. The van der Waals surface area contributed by atoms with E-state index in [2.05, 4.69) is 10.2 Å². The molecule has 4 aliphatic heterocycles. The number of esters is 1. The van der Waals surface area contributed by atoms with Crippen LogP contribution in [0.4, 0.5) is 15.3 Å². The maximum Gasteiger partial charge on any atom is 0.419 e. The molecule has 1 aromatic heterocycles. The lowest BCUT2D eigenvalue weighted by Gasteiger charge is -2.43. The van der Waals surface area contributed by atoms with Crippen molar-refractivity contribution < 1.29 is 42.7 Å². The molecular formula is C44H58N8O10. The molecule has 18 heteroatoms. The van der Waals surface area contributed by atoms with E-state index in [1.165, 1.54) is 9.47 Å². The average molecular weight is 859 g/mol. The predicted molar refractivity (Wildman–Crippen MR) is 227 cm³/mol. The molecule has 62 heavy (non-hydrogen) atoms. The number of piperidine rings is 2. The molecule has 0 radical (unpaired) electrons. The van der Waals surface area contributed by atoms with Gasteiger partial charge in [0.25, 0.3) is 11.8 Å². The van der Waals surface area contributed by atoms with Gasteiger partial charge in [0.15, 0.2) is 18.3 Å². The van der Waals surface area contributed by atoms with E-state index < -0.39 is 23.9 Å². The number of hydrogen-bond donors (Lipinski definition) is 1. The molecule has 0 spiro atoms. The summed E-state index contributed by atoms with van der Waals surface area (Å²) in [6, 6.07) is 11.4. The van der Waals surface area contributed by atoms with Gasteiger partial charge >= 0.3 is 23.8 Å². The van der Waals surface area contributed by atoms with E-state index in [4.69, 9.17) is 13.9 Å². The number of aryl methyl sites for hydroxylation is 2. The van der Waals surface area contributed by atoms with Crippen molar-refractivity contribution in [3.8, 4) is 0 Å². The number of para-hydroxylation sites is 1. The highest BCUT2D eigenvalue weighted by Gasteiger charge is 2.37. The normalized spacial score (nSPS) is 18.5. The maximum absolute atomic E-state index is 14.4. The van der Waals surface area contributed by atoms with Gasteiger partial charge in [0.05, 0.1) is 11.9 Å². The Balaban J connectivity index is 0.935. The fourth-order valence-electron chi connectivity index (χ4n) is 9.09. The molecule has 6 amide bonds. The number of nitrogens with one attached hydrogen (secondary N) is 1. The zero-order chi connectivity index (χ0) is 44.1. The minimum Gasteiger partial charge on any atom is -0.456 e. The van der Waals surface area contributed by atoms with Crippen LogP contribution in [0, 0.1) is 6.92 Å². The third-order valence-electron chi connectivity index (χ3n) is 12.7. The molecule has 334 valence electrons. The number of hydrogen-bond acceptors (Lipinski definition) is 11. The van der Waals surface area contributed by atoms with E-state index in [1.807, 2.05) is 42.2 Å². The van der Waals surface area contributed by atoms with E-state index >= 15 is 0 Å². The van der Waals surface area contributed by atoms with Crippen LogP contribution in [-0.2, 0) is 48.5 Å². The number of carbonyl (C=O) groups excluding carboxylic acids is 6. The molecule has 0 unspecified atom stereocenters. The van der Waals surface area contributed by atoms with Crippen LogP contribution in [0.2, 0.25) is 0 Å². The van der Waals surface area contributed by atoms with Gasteiger partial charge in [-0.1, -0.05) is 24.3 Å². The lowest BCUT2D eigenvalue weighted by molar-refractivity contribution is -0.152. The molecule has 1 N–H and O–H groups in total. The summed E-state index contributed by atoms with van der Waals surface area (Å²) >= 11 is 0. The van der Waals surface area contributed by atoms with Crippen LogP contribution in [0.25, 0.3) is 11.1 Å². The quantitative estimate of drug-likeness (QED) is 0.280. The van der Waals surface area contributed by atoms with Gasteiger partial charge in [-0.25, -0.2) is 14.4 Å². The maximum atomic E-state index is 14.4.